The summed E-state index contributed by atoms with van der Waals surface area (Å²) in [5, 5.41) is 5.08. The SMILES string of the molecule is CN(Cc1nc2ccccc2c(=O)[nH]1)C(=O)c1nn(-c2ccc(F)cc2)c2c1CCC2. The Bertz CT molecular complexity index is 1360. The fraction of sp³-hybridized carbons (Fsp3) is 0.217. The first-order chi connectivity index (χ1) is 15.0. The van der Waals surface area contributed by atoms with Crippen molar-refractivity contribution in [2.45, 2.75) is 25.8 Å². The van der Waals surface area contributed by atoms with Crippen LogP contribution in [0.2, 0.25) is 0 Å². The molecule has 2 aromatic heterocycles. The van der Waals surface area contributed by atoms with Gasteiger partial charge in [-0.1, -0.05) is 12.1 Å². The van der Waals surface area contributed by atoms with Gasteiger partial charge in [-0.3, -0.25) is 9.59 Å². The van der Waals surface area contributed by atoms with Crippen LogP contribution in [0.3, 0.4) is 0 Å². The predicted molar refractivity (Wildman–Crippen MR) is 114 cm³/mol. The Hall–Kier alpha value is -3.81. The summed E-state index contributed by atoms with van der Waals surface area (Å²) in [5.74, 6) is -0.149. The molecular formula is C23H20FN5O2. The van der Waals surface area contributed by atoms with Crippen LogP contribution in [0, 0.1) is 5.82 Å². The molecule has 5 rings (SSSR count). The number of carbonyl (C=O) groups is 1. The van der Waals surface area contributed by atoms with E-state index in [9.17, 15) is 14.0 Å². The maximum absolute atomic E-state index is 13.3. The van der Waals surface area contributed by atoms with Crippen LogP contribution in [0.5, 0.6) is 0 Å². The van der Waals surface area contributed by atoms with Crippen LogP contribution in [0.1, 0.15) is 34.0 Å². The van der Waals surface area contributed by atoms with Gasteiger partial charge in [-0.05, 0) is 55.7 Å². The molecule has 2 aromatic carbocycles. The molecule has 1 amide bonds. The molecule has 1 N–H and O–H groups in total. The maximum atomic E-state index is 13.3. The van der Waals surface area contributed by atoms with Gasteiger partial charge in [0.25, 0.3) is 11.5 Å². The molecule has 1 aliphatic rings. The highest BCUT2D eigenvalue weighted by atomic mass is 19.1. The number of benzene rings is 2. The molecule has 0 unspecified atom stereocenters. The molecule has 2 heterocycles. The number of para-hydroxylation sites is 1. The van der Waals surface area contributed by atoms with E-state index >= 15 is 0 Å². The quantitative estimate of drug-likeness (QED) is 0.553. The Morgan fingerprint density at radius 2 is 1.94 bits per heavy atom. The van der Waals surface area contributed by atoms with E-state index in [0.29, 0.717) is 22.4 Å². The van der Waals surface area contributed by atoms with Crippen molar-refractivity contribution in [3.63, 3.8) is 0 Å². The van der Waals surface area contributed by atoms with Gasteiger partial charge < -0.3 is 9.88 Å². The second-order valence-electron chi connectivity index (χ2n) is 7.71. The highest BCUT2D eigenvalue weighted by Gasteiger charge is 2.28. The van der Waals surface area contributed by atoms with Crippen molar-refractivity contribution in [1.82, 2.24) is 24.6 Å². The average molecular weight is 417 g/mol. The zero-order valence-corrected chi connectivity index (χ0v) is 16.9. The van der Waals surface area contributed by atoms with Crippen molar-refractivity contribution < 1.29 is 9.18 Å². The van der Waals surface area contributed by atoms with Gasteiger partial charge in [-0.2, -0.15) is 5.10 Å². The molecule has 156 valence electrons. The van der Waals surface area contributed by atoms with Crippen LogP contribution in [-0.2, 0) is 19.4 Å². The first kappa shape index (κ1) is 19.2. The predicted octanol–water partition coefficient (Wildman–Crippen LogP) is 3.01. The van der Waals surface area contributed by atoms with Crippen molar-refractivity contribution in [3.05, 3.63) is 87.5 Å². The van der Waals surface area contributed by atoms with E-state index in [0.717, 1.165) is 36.2 Å². The van der Waals surface area contributed by atoms with Crippen molar-refractivity contribution in [2.75, 3.05) is 7.05 Å². The lowest BCUT2D eigenvalue weighted by Crippen LogP contribution is -2.29. The van der Waals surface area contributed by atoms with E-state index in [1.165, 1.54) is 17.0 Å². The van der Waals surface area contributed by atoms with Crippen molar-refractivity contribution >= 4 is 16.8 Å². The minimum Gasteiger partial charge on any atom is -0.333 e. The number of aromatic nitrogens is 4. The topological polar surface area (TPSA) is 83.9 Å². The molecule has 0 saturated carbocycles. The van der Waals surface area contributed by atoms with E-state index in [4.69, 9.17) is 0 Å². The maximum Gasteiger partial charge on any atom is 0.274 e. The van der Waals surface area contributed by atoms with Crippen LogP contribution < -0.4 is 5.56 Å². The van der Waals surface area contributed by atoms with Crippen LogP contribution >= 0.6 is 0 Å². The zero-order chi connectivity index (χ0) is 21.5. The van der Waals surface area contributed by atoms with E-state index in [-0.39, 0.29) is 23.8 Å². The number of halogens is 1. The summed E-state index contributed by atoms with van der Waals surface area (Å²) < 4.78 is 15.1. The number of nitrogens with zero attached hydrogens (tertiary/aromatic N) is 4. The minimum absolute atomic E-state index is 0.150. The van der Waals surface area contributed by atoms with Gasteiger partial charge in [0.05, 0.1) is 23.1 Å². The van der Waals surface area contributed by atoms with Gasteiger partial charge in [0.2, 0.25) is 0 Å². The second kappa shape index (κ2) is 7.46. The van der Waals surface area contributed by atoms with Gasteiger partial charge >= 0.3 is 0 Å². The Kier molecular flexibility index (Phi) is 4.62. The van der Waals surface area contributed by atoms with E-state index in [2.05, 4.69) is 15.1 Å². The van der Waals surface area contributed by atoms with Gasteiger partial charge in [0.15, 0.2) is 5.69 Å². The molecule has 0 aliphatic heterocycles. The number of nitrogens with one attached hydrogen (secondary N) is 1. The number of amides is 1. The van der Waals surface area contributed by atoms with Crippen LogP contribution in [-0.4, -0.2) is 37.6 Å². The molecule has 0 bridgehead atoms. The number of rotatable bonds is 4. The normalized spacial score (nSPS) is 12.8. The van der Waals surface area contributed by atoms with E-state index < -0.39 is 0 Å². The van der Waals surface area contributed by atoms with Gasteiger partial charge in [-0.15, -0.1) is 0 Å². The van der Waals surface area contributed by atoms with Crippen LogP contribution in [0.4, 0.5) is 4.39 Å². The minimum atomic E-state index is -0.319. The highest BCUT2D eigenvalue weighted by Crippen LogP contribution is 2.28. The molecule has 4 aromatic rings. The smallest absolute Gasteiger partial charge is 0.274 e. The summed E-state index contributed by atoms with van der Waals surface area (Å²) in [6, 6.07) is 13.2. The largest absolute Gasteiger partial charge is 0.333 e. The summed E-state index contributed by atoms with van der Waals surface area (Å²) in [6.07, 6.45) is 2.53. The lowest BCUT2D eigenvalue weighted by atomic mass is 10.2. The Balaban J connectivity index is 1.46. The molecule has 31 heavy (non-hydrogen) atoms. The van der Waals surface area contributed by atoms with Crippen LogP contribution in [0.15, 0.2) is 53.3 Å². The molecule has 0 atom stereocenters. The molecule has 0 spiro atoms. The summed E-state index contributed by atoms with van der Waals surface area (Å²) in [6.45, 7) is 0.150. The molecule has 0 radical (unpaired) electrons. The third kappa shape index (κ3) is 3.39. The van der Waals surface area contributed by atoms with E-state index in [1.54, 1.807) is 42.1 Å². The number of hydrogen-bond acceptors (Lipinski definition) is 4. The summed E-state index contributed by atoms with van der Waals surface area (Å²) in [5.41, 5.74) is 3.39. The monoisotopic (exact) mass is 417 g/mol. The lowest BCUT2D eigenvalue weighted by molar-refractivity contribution is 0.0774. The number of hydrogen-bond donors (Lipinski definition) is 1. The molecule has 0 fully saturated rings. The van der Waals surface area contributed by atoms with Gasteiger partial charge in [-0.25, -0.2) is 14.1 Å². The van der Waals surface area contributed by atoms with Gasteiger partial charge in [0, 0.05) is 18.3 Å². The zero-order valence-electron chi connectivity index (χ0n) is 16.9. The lowest BCUT2D eigenvalue weighted by Gasteiger charge is -2.16. The number of H-pyrrole nitrogens is 1. The third-order valence-electron chi connectivity index (χ3n) is 5.60. The first-order valence-corrected chi connectivity index (χ1v) is 10.1. The molecule has 1 aliphatic carbocycles. The Labute approximate surface area is 177 Å². The molecular weight excluding hydrogens is 397 g/mol. The molecule has 0 saturated heterocycles. The summed E-state index contributed by atoms with van der Waals surface area (Å²) in [7, 11) is 1.66. The Morgan fingerprint density at radius 3 is 2.74 bits per heavy atom. The van der Waals surface area contributed by atoms with Gasteiger partial charge in [0.1, 0.15) is 11.6 Å². The average Bonchev–Trinajstić information content (AvgIpc) is 3.37. The number of carbonyl (C=O) groups excluding carboxylic acids is 1. The van der Waals surface area contributed by atoms with Crippen molar-refractivity contribution in [2.24, 2.45) is 0 Å². The first-order valence-electron chi connectivity index (χ1n) is 10.1. The Morgan fingerprint density at radius 1 is 1.16 bits per heavy atom. The number of aromatic amines is 1. The third-order valence-corrected chi connectivity index (χ3v) is 5.60. The standard InChI is InChI=1S/C23H20FN5O2/c1-28(13-20-25-18-7-3-2-5-16(18)22(30)26-20)23(31)21-17-6-4-8-19(17)29(27-21)15-11-9-14(24)10-12-15/h2-3,5,7,9-12H,4,6,8,13H2,1H3,(H,25,26,30). The molecule has 8 heteroatoms. The molecule has 7 nitrogen and oxygen atoms in total. The van der Waals surface area contributed by atoms with Crippen LogP contribution in [0.25, 0.3) is 16.6 Å². The van der Waals surface area contributed by atoms with Crippen molar-refractivity contribution in [1.29, 1.82) is 0 Å². The highest BCUT2D eigenvalue weighted by molar-refractivity contribution is 5.94. The van der Waals surface area contributed by atoms with E-state index in [1.807, 2.05) is 6.07 Å². The second-order valence-corrected chi connectivity index (χ2v) is 7.71. The summed E-state index contributed by atoms with van der Waals surface area (Å²) in [4.78, 5) is 34.3. The fourth-order valence-electron chi connectivity index (χ4n) is 4.09. The number of fused-ring (bicyclic) bond motifs is 2. The fourth-order valence-corrected chi connectivity index (χ4v) is 4.09. The summed E-state index contributed by atoms with van der Waals surface area (Å²) >= 11 is 0. The van der Waals surface area contributed by atoms with Crippen molar-refractivity contribution in [3.8, 4) is 5.69 Å².